The number of nitrogens with zero attached hydrogens (tertiary/aromatic N) is 2. The Morgan fingerprint density at radius 2 is 1.75 bits per heavy atom. The van der Waals surface area contributed by atoms with Crippen molar-refractivity contribution in [1.82, 2.24) is 15.1 Å². The first kappa shape index (κ1) is 19.0. The number of amides is 3. The number of nitrogens with one attached hydrogen (secondary N) is 1. The molecule has 138 valence electrons. The number of carbonyl (C=O) groups excluding carboxylic acids is 2. The van der Waals surface area contributed by atoms with E-state index in [1.807, 2.05) is 11.8 Å². The van der Waals surface area contributed by atoms with E-state index in [2.05, 4.69) is 19.2 Å². The second-order valence-corrected chi connectivity index (χ2v) is 7.91. The third kappa shape index (κ3) is 5.10. The van der Waals surface area contributed by atoms with E-state index in [0.29, 0.717) is 24.9 Å². The van der Waals surface area contributed by atoms with Crippen LogP contribution in [0.5, 0.6) is 0 Å². The van der Waals surface area contributed by atoms with Gasteiger partial charge in [-0.05, 0) is 44.4 Å². The van der Waals surface area contributed by atoms with Crippen LogP contribution in [0.4, 0.5) is 4.79 Å². The Hall–Kier alpha value is -1.30. The van der Waals surface area contributed by atoms with E-state index in [0.717, 1.165) is 45.3 Å². The molecular formula is C18H34N4O2. The average molecular weight is 338 g/mol. The van der Waals surface area contributed by atoms with Gasteiger partial charge in [-0.1, -0.05) is 13.8 Å². The summed E-state index contributed by atoms with van der Waals surface area (Å²) in [6.45, 7) is 9.75. The molecule has 2 saturated heterocycles. The van der Waals surface area contributed by atoms with Gasteiger partial charge in [0.2, 0.25) is 5.91 Å². The number of likely N-dealkylation sites (tertiary alicyclic amines) is 2. The molecule has 2 aliphatic heterocycles. The molecule has 0 aliphatic carbocycles. The average Bonchev–Trinajstić information content (AvgIpc) is 2.59. The lowest BCUT2D eigenvalue weighted by Gasteiger charge is -2.39. The molecule has 6 heteroatoms. The Bertz CT molecular complexity index is 439. The second kappa shape index (κ2) is 8.70. The normalized spacial score (nSPS) is 26.4. The minimum Gasteiger partial charge on any atom is -0.342 e. The van der Waals surface area contributed by atoms with Crippen LogP contribution < -0.4 is 11.1 Å². The molecule has 0 bridgehead atoms. The molecule has 6 nitrogen and oxygen atoms in total. The van der Waals surface area contributed by atoms with Gasteiger partial charge in [-0.2, -0.15) is 0 Å². The SMILES string of the molecule is CC(C)CNC(=O)N1CCCC(C(=O)N2CCCC(C(C)N)C2)C1. The molecule has 0 aromatic heterocycles. The highest BCUT2D eigenvalue weighted by Crippen LogP contribution is 2.24. The van der Waals surface area contributed by atoms with Crippen molar-refractivity contribution in [3.8, 4) is 0 Å². The number of hydrogen-bond donors (Lipinski definition) is 2. The van der Waals surface area contributed by atoms with Crippen LogP contribution in [0.1, 0.15) is 46.5 Å². The van der Waals surface area contributed by atoms with Gasteiger partial charge in [-0.25, -0.2) is 4.79 Å². The lowest BCUT2D eigenvalue weighted by molar-refractivity contribution is -0.138. The van der Waals surface area contributed by atoms with Crippen LogP contribution in [0.25, 0.3) is 0 Å². The van der Waals surface area contributed by atoms with Crippen molar-refractivity contribution >= 4 is 11.9 Å². The van der Waals surface area contributed by atoms with Gasteiger partial charge in [-0.3, -0.25) is 4.79 Å². The van der Waals surface area contributed by atoms with Crippen molar-refractivity contribution in [2.45, 2.75) is 52.5 Å². The zero-order chi connectivity index (χ0) is 17.7. The van der Waals surface area contributed by atoms with Crippen molar-refractivity contribution in [3.05, 3.63) is 0 Å². The molecule has 0 radical (unpaired) electrons. The predicted molar refractivity (Wildman–Crippen MR) is 95.5 cm³/mol. The molecule has 2 heterocycles. The maximum Gasteiger partial charge on any atom is 0.317 e. The Morgan fingerprint density at radius 1 is 1.08 bits per heavy atom. The third-order valence-electron chi connectivity index (χ3n) is 5.23. The Balaban J connectivity index is 1.89. The van der Waals surface area contributed by atoms with E-state index >= 15 is 0 Å². The molecule has 0 aromatic rings. The highest BCUT2D eigenvalue weighted by Gasteiger charge is 2.33. The van der Waals surface area contributed by atoms with E-state index in [-0.39, 0.29) is 23.9 Å². The van der Waals surface area contributed by atoms with Gasteiger partial charge in [0.1, 0.15) is 0 Å². The van der Waals surface area contributed by atoms with Gasteiger partial charge in [0.05, 0.1) is 5.92 Å². The van der Waals surface area contributed by atoms with Crippen molar-refractivity contribution in [1.29, 1.82) is 0 Å². The maximum atomic E-state index is 12.9. The molecule has 2 fully saturated rings. The van der Waals surface area contributed by atoms with E-state index in [9.17, 15) is 9.59 Å². The minimum atomic E-state index is -0.0598. The van der Waals surface area contributed by atoms with Crippen LogP contribution in [0.3, 0.4) is 0 Å². The first-order valence-electron chi connectivity index (χ1n) is 9.45. The van der Waals surface area contributed by atoms with Gasteiger partial charge >= 0.3 is 6.03 Å². The van der Waals surface area contributed by atoms with E-state index in [4.69, 9.17) is 5.73 Å². The fourth-order valence-electron chi connectivity index (χ4n) is 3.66. The fourth-order valence-corrected chi connectivity index (χ4v) is 3.66. The standard InChI is InChI=1S/C18H34N4O2/c1-13(2)10-20-18(24)22-9-5-7-16(12-22)17(23)21-8-4-6-15(11-21)14(3)19/h13-16H,4-12,19H2,1-3H3,(H,20,24). The van der Waals surface area contributed by atoms with E-state index in [1.165, 1.54) is 0 Å². The lowest BCUT2D eigenvalue weighted by Crippen LogP contribution is -2.52. The number of piperidine rings is 2. The molecule has 3 N–H and O–H groups in total. The first-order chi connectivity index (χ1) is 11.4. The van der Waals surface area contributed by atoms with Crippen LogP contribution in [-0.4, -0.2) is 60.5 Å². The quantitative estimate of drug-likeness (QED) is 0.818. The number of carbonyl (C=O) groups is 2. The Morgan fingerprint density at radius 3 is 2.42 bits per heavy atom. The molecular weight excluding hydrogens is 304 g/mol. The molecule has 3 unspecified atom stereocenters. The molecule has 3 atom stereocenters. The van der Waals surface area contributed by atoms with Crippen LogP contribution in [0.15, 0.2) is 0 Å². The molecule has 2 aliphatic rings. The molecule has 2 rings (SSSR count). The summed E-state index contributed by atoms with van der Waals surface area (Å²) in [6, 6.07) is 0.0959. The topological polar surface area (TPSA) is 78.7 Å². The molecule has 24 heavy (non-hydrogen) atoms. The summed E-state index contributed by atoms with van der Waals surface area (Å²) < 4.78 is 0. The van der Waals surface area contributed by atoms with E-state index in [1.54, 1.807) is 4.90 Å². The predicted octanol–water partition coefficient (Wildman–Crippen LogP) is 1.65. The van der Waals surface area contributed by atoms with Gasteiger partial charge in [0.25, 0.3) is 0 Å². The minimum absolute atomic E-state index is 0.0340. The van der Waals surface area contributed by atoms with Crippen LogP contribution in [-0.2, 0) is 4.79 Å². The summed E-state index contributed by atoms with van der Waals surface area (Å²) in [5.41, 5.74) is 6.03. The number of rotatable bonds is 4. The third-order valence-corrected chi connectivity index (χ3v) is 5.23. The Labute approximate surface area is 146 Å². The molecule has 0 aromatic carbocycles. The zero-order valence-corrected chi connectivity index (χ0v) is 15.5. The first-order valence-corrected chi connectivity index (χ1v) is 9.45. The summed E-state index contributed by atoms with van der Waals surface area (Å²) in [5.74, 6) is 0.980. The van der Waals surface area contributed by atoms with Gasteiger partial charge in [0, 0.05) is 38.8 Å². The lowest BCUT2D eigenvalue weighted by atomic mass is 9.90. The summed E-state index contributed by atoms with van der Waals surface area (Å²) >= 11 is 0. The maximum absolute atomic E-state index is 12.9. The fraction of sp³-hybridized carbons (Fsp3) is 0.889. The van der Waals surface area contributed by atoms with Crippen LogP contribution in [0.2, 0.25) is 0 Å². The van der Waals surface area contributed by atoms with Gasteiger partial charge in [0.15, 0.2) is 0 Å². The number of nitrogens with two attached hydrogens (primary N) is 1. The van der Waals surface area contributed by atoms with E-state index < -0.39 is 0 Å². The second-order valence-electron chi connectivity index (χ2n) is 7.91. The van der Waals surface area contributed by atoms with Crippen molar-refractivity contribution < 1.29 is 9.59 Å². The zero-order valence-electron chi connectivity index (χ0n) is 15.5. The summed E-state index contributed by atoms with van der Waals surface area (Å²) in [6.07, 6.45) is 3.92. The number of urea groups is 1. The smallest absolute Gasteiger partial charge is 0.317 e. The van der Waals surface area contributed by atoms with Crippen molar-refractivity contribution in [2.24, 2.45) is 23.5 Å². The molecule has 3 amide bonds. The van der Waals surface area contributed by atoms with Crippen molar-refractivity contribution in [3.63, 3.8) is 0 Å². The van der Waals surface area contributed by atoms with Crippen LogP contribution >= 0.6 is 0 Å². The molecule has 0 spiro atoms. The number of hydrogen-bond acceptors (Lipinski definition) is 3. The van der Waals surface area contributed by atoms with Crippen LogP contribution in [0, 0.1) is 17.8 Å². The highest BCUT2D eigenvalue weighted by atomic mass is 16.2. The largest absolute Gasteiger partial charge is 0.342 e. The Kier molecular flexibility index (Phi) is 6.90. The highest BCUT2D eigenvalue weighted by molar-refractivity contribution is 5.81. The molecule has 0 saturated carbocycles. The summed E-state index contributed by atoms with van der Waals surface area (Å²) in [4.78, 5) is 28.9. The monoisotopic (exact) mass is 338 g/mol. The summed E-state index contributed by atoms with van der Waals surface area (Å²) in [7, 11) is 0. The van der Waals surface area contributed by atoms with Crippen molar-refractivity contribution in [2.75, 3.05) is 32.7 Å². The summed E-state index contributed by atoms with van der Waals surface area (Å²) in [5, 5.41) is 2.96. The van der Waals surface area contributed by atoms with Gasteiger partial charge in [-0.15, -0.1) is 0 Å². The van der Waals surface area contributed by atoms with Gasteiger partial charge < -0.3 is 20.9 Å².